The Morgan fingerprint density at radius 3 is 2.07 bits per heavy atom. The van der Waals surface area contributed by atoms with Crippen LogP contribution < -0.4 is 0 Å². The van der Waals surface area contributed by atoms with Crippen LogP contribution in [0.4, 0.5) is 35.1 Å². The third-order valence-corrected chi connectivity index (χ3v) is 4.09. The number of Topliss-reactive ketones (excluding diaryl/α,β-unsaturated/α-hetero) is 1. The van der Waals surface area contributed by atoms with Crippen LogP contribution in [0.3, 0.4) is 0 Å². The maximum Gasteiger partial charge on any atom is 0.417 e. The summed E-state index contributed by atoms with van der Waals surface area (Å²) in [5.74, 6) is -4.04. The number of alkyl halides is 6. The summed E-state index contributed by atoms with van der Waals surface area (Å²) in [5.41, 5.74) is -4.33. The van der Waals surface area contributed by atoms with Gasteiger partial charge in [-0.3, -0.25) is 4.79 Å². The standard InChI is InChI=1S/C19H10F8N2O/c20-14-7-10(18(22,23)24)8-15(21)17(14)29-6-5-11(28-29)9-16(30)12-3-1-2-4-13(12)19(25,26)27/h1-8H,9H2. The number of benzene rings is 2. The SMILES string of the molecule is O=C(Cc1ccn(-c2c(F)cc(C(F)(F)F)cc2F)n1)c1ccccc1C(F)(F)F. The summed E-state index contributed by atoms with van der Waals surface area (Å²) in [6.07, 6.45) is -9.37. The molecule has 1 heterocycles. The third-order valence-electron chi connectivity index (χ3n) is 4.09. The van der Waals surface area contributed by atoms with Gasteiger partial charge in [0.05, 0.1) is 23.2 Å². The molecule has 0 spiro atoms. The van der Waals surface area contributed by atoms with Crippen molar-refractivity contribution in [2.75, 3.05) is 0 Å². The number of carbonyl (C=O) groups is 1. The van der Waals surface area contributed by atoms with Crippen molar-refractivity contribution in [3.63, 3.8) is 0 Å². The number of carbonyl (C=O) groups excluding carboxylic acids is 1. The quantitative estimate of drug-likeness (QED) is 0.395. The first-order valence-electron chi connectivity index (χ1n) is 8.18. The van der Waals surface area contributed by atoms with Crippen LogP contribution >= 0.6 is 0 Å². The second-order valence-corrected chi connectivity index (χ2v) is 6.18. The van der Waals surface area contributed by atoms with E-state index in [1.807, 2.05) is 0 Å². The van der Waals surface area contributed by atoms with Crippen LogP contribution in [0, 0.1) is 11.6 Å². The van der Waals surface area contributed by atoms with Crippen LogP contribution in [0.25, 0.3) is 5.69 Å². The molecule has 3 nitrogen and oxygen atoms in total. The first kappa shape index (κ1) is 21.5. The molecule has 11 heteroatoms. The lowest BCUT2D eigenvalue weighted by Crippen LogP contribution is -2.15. The molecule has 0 bridgehead atoms. The molecule has 0 aliphatic heterocycles. The van der Waals surface area contributed by atoms with E-state index in [0.29, 0.717) is 4.68 Å². The van der Waals surface area contributed by atoms with E-state index in [1.165, 1.54) is 6.07 Å². The van der Waals surface area contributed by atoms with E-state index in [2.05, 4.69) is 5.10 Å². The minimum Gasteiger partial charge on any atom is -0.294 e. The molecule has 0 N–H and O–H groups in total. The van der Waals surface area contributed by atoms with Crippen molar-refractivity contribution in [3.05, 3.63) is 82.7 Å². The van der Waals surface area contributed by atoms with Gasteiger partial charge in [0.25, 0.3) is 0 Å². The number of aromatic nitrogens is 2. The summed E-state index contributed by atoms with van der Waals surface area (Å²) >= 11 is 0. The maximum absolute atomic E-state index is 14.1. The molecule has 3 aromatic rings. The highest BCUT2D eigenvalue weighted by Crippen LogP contribution is 2.33. The van der Waals surface area contributed by atoms with Gasteiger partial charge in [-0.25, -0.2) is 13.5 Å². The Morgan fingerprint density at radius 2 is 1.50 bits per heavy atom. The van der Waals surface area contributed by atoms with Crippen molar-refractivity contribution in [2.24, 2.45) is 0 Å². The summed E-state index contributed by atoms with van der Waals surface area (Å²) in [6.45, 7) is 0. The minimum atomic E-state index is -4.96. The number of halogens is 8. The van der Waals surface area contributed by atoms with Crippen molar-refractivity contribution in [1.82, 2.24) is 9.78 Å². The van der Waals surface area contributed by atoms with Gasteiger partial charge in [0, 0.05) is 11.8 Å². The molecule has 0 saturated heterocycles. The van der Waals surface area contributed by atoms with Crippen LogP contribution in [0.1, 0.15) is 27.2 Å². The van der Waals surface area contributed by atoms with Crippen molar-refractivity contribution in [1.29, 1.82) is 0 Å². The van der Waals surface area contributed by atoms with Crippen LogP contribution in [0.2, 0.25) is 0 Å². The predicted molar refractivity (Wildman–Crippen MR) is 88.0 cm³/mol. The Hall–Kier alpha value is -3.24. The molecule has 0 amide bonds. The van der Waals surface area contributed by atoms with Crippen molar-refractivity contribution >= 4 is 5.78 Å². The van der Waals surface area contributed by atoms with E-state index in [0.717, 1.165) is 30.5 Å². The third kappa shape index (κ3) is 4.34. The Kier molecular flexibility index (Phi) is 5.40. The minimum absolute atomic E-state index is 0.0878. The molecular weight excluding hydrogens is 424 g/mol. The molecule has 2 aromatic carbocycles. The maximum atomic E-state index is 14.1. The van der Waals surface area contributed by atoms with Crippen molar-refractivity contribution < 1.29 is 39.9 Å². The molecule has 3 rings (SSSR count). The number of rotatable bonds is 4. The fourth-order valence-electron chi connectivity index (χ4n) is 2.76. The van der Waals surface area contributed by atoms with Gasteiger partial charge < -0.3 is 0 Å². The second-order valence-electron chi connectivity index (χ2n) is 6.18. The van der Waals surface area contributed by atoms with Gasteiger partial charge in [0.1, 0.15) is 5.69 Å². The Morgan fingerprint density at radius 1 is 0.900 bits per heavy atom. The highest BCUT2D eigenvalue weighted by molar-refractivity contribution is 5.98. The van der Waals surface area contributed by atoms with E-state index < -0.39 is 58.6 Å². The molecule has 0 saturated carbocycles. The number of hydrogen-bond donors (Lipinski definition) is 0. The average Bonchev–Trinajstić information content (AvgIpc) is 3.07. The van der Waals surface area contributed by atoms with E-state index in [9.17, 15) is 39.9 Å². The topological polar surface area (TPSA) is 34.9 Å². The second kappa shape index (κ2) is 7.54. The molecule has 0 aliphatic rings. The van der Waals surface area contributed by atoms with Crippen LogP contribution in [0.15, 0.2) is 48.7 Å². The van der Waals surface area contributed by atoms with Gasteiger partial charge in [0.15, 0.2) is 17.4 Å². The zero-order valence-electron chi connectivity index (χ0n) is 14.7. The van der Waals surface area contributed by atoms with Crippen LogP contribution in [-0.4, -0.2) is 15.6 Å². The van der Waals surface area contributed by atoms with E-state index in [-0.39, 0.29) is 17.8 Å². The largest absolute Gasteiger partial charge is 0.417 e. The lowest BCUT2D eigenvalue weighted by molar-refractivity contribution is -0.138. The Bertz CT molecular complexity index is 1080. The van der Waals surface area contributed by atoms with Gasteiger partial charge in [-0.1, -0.05) is 18.2 Å². The molecule has 0 radical (unpaired) electrons. The molecule has 0 aliphatic carbocycles. The van der Waals surface area contributed by atoms with Crippen molar-refractivity contribution in [3.8, 4) is 5.69 Å². The van der Waals surface area contributed by atoms with Gasteiger partial charge in [-0.05, 0) is 24.3 Å². The number of ketones is 1. The summed E-state index contributed by atoms with van der Waals surface area (Å²) in [6, 6.07) is 5.37. The lowest BCUT2D eigenvalue weighted by atomic mass is 10.0. The zero-order valence-corrected chi connectivity index (χ0v) is 14.7. The fourth-order valence-corrected chi connectivity index (χ4v) is 2.76. The zero-order chi connectivity index (χ0) is 22.3. The molecule has 0 atom stereocenters. The summed E-state index contributed by atoms with van der Waals surface area (Å²) < 4.78 is 106. The van der Waals surface area contributed by atoms with E-state index >= 15 is 0 Å². The summed E-state index contributed by atoms with van der Waals surface area (Å²) in [7, 11) is 0. The Labute approximate surface area is 163 Å². The smallest absolute Gasteiger partial charge is 0.294 e. The van der Waals surface area contributed by atoms with Gasteiger partial charge in [-0.15, -0.1) is 0 Å². The molecule has 158 valence electrons. The number of hydrogen-bond acceptors (Lipinski definition) is 2. The highest BCUT2D eigenvalue weighted by Gasteiger charge is 2.35. The monoisotopic (exact) mass is 434 g/mol. The van der Waals surface area contributed by atoms with Gasteiger partial charge >= 0.3 is 12.4 Å². The summed E-state index contributed by atoms with van der Waals surface area (Å²) in [5, 5.41) is 3.70. The highest BCUT2D eigenvalue weighted by atomic mass is 19.4. The van der Waals surface area contributed by atoms with E-state index in [1.54, 1.807) is 0 Å². The van der Waals surface area contributed by atoms with Gasteiger partial charge in [0.2, 0.25) is 0 Å². The van der Waals surface area contributed by atoms with E-state index in [4.69, 9.17) is 0 Å². The molecule has 0 unspecified atom stereocenters. The van der Waals surface area contributed by atoms with Crippen molar-refractivity contribution in [2.45, 2.75) is 18.8 Å². The molecule has 30 heavy (non-hydrogen) atoms. The first-order chi connectivity index (χ1) is 13.9. The number of nitrogens with zero attached hydrogens (tertiary/aromatic N) is 2. The van der Waals surface area contributed by atoms with Gasteiger partial charge in [-0.2, -0.15) is 31.4 Å². The predicted octanol–water partition coefficient (Wildman–Crippen LogP) is 5.61. The fraction of sp³-hybridized carbons (Fsp3) is 0.158. The molecular formula is C19H10F8N2O. The summed E-state index contributed by atoms with van der Waals surface area (Å²) in [4.78, 5) is 12.3. The van der Waals surface area contributed by atoms with Crippen LogP contribution in [0.5, 0.6) is 0 Å². The first-order valence-corrected chi connectivity index (χ1v) is 8.18. The Balaban J connectivity index is 1.89. The normalized spacial score (nSPS) is 12.3. The lowest BCUT2D eigenvalue weighted by Gasteiger charge is -2.11. The molecule has 0 fully saturated rings. The average molecular weight is 434 g/mol. The molecule has 1 aromatic heterocycles. The van der Waals surface area contributed by atoms with Crippen LogP contribution in [-0.2, 0) is 18.8 Å².